The number of hydrogen-bond acceptors (Lipinski definition) is 7. The molecule has 0 radical (unpaired) electrons. The van der Waals surface area contributed by atoms with Crippen LogP contribution in [0.15, 0.2) is 42.5 Å². The van der Waals surface area contributed by atoms with E-state index in [1.54, 1.807) is 31.3 Å². The second-order valence-electron chi connectivity index (χ2n) is 11.0. The lowest BCUT2D eigenvalue weighted by Gasteiger charge is -2.35. The van der Waals surface area contributed by atoms with Crippen molar-refractivity contribution < 1.29 is 24.5 Å². The van der Waals surface area contributed by atoms with E-state index < -0.39 is 35.6 Å². The number of ketones is 1. The molecule has 1 aliphatic rings. The van der Waals surface area contributed by atoms with Gasteiger partial charge in [0.1, 0.15) is 11.9 Å². The first-order valence-electron chi connectivity index (χ1n) is 13.2. The largest absolute Gasteiger partial charge is 0.457 e. The van der Waals surface area contributed by atoms with Gasteiger partial charge < -0.3 is 14.9 Å². The van der Waals surface area contributed by atoms with Crippen LogP contribution in [0.5, 0.6) is 0 Å². The van der Waals surface area contributed by atoms with E-state index in [4.69, 9.17) is 4.74 Å². The van der Waals surface area contributed by atoms with Gasteiger partial charge in [-0.1, -0.05) is 44.6 Å². The highest BCUT2D eigenvalue weighted by atomic mass is 32.1. The minimum Gasteiger partial charge on any atom is -0.457 e. The number of rotatable bonds is 3. The van der Waals surface area contributed by atoms with Crippen LogP contribution in [0.25, 0.3) is 10.2 Å². The normalized spacial score (nSPS) is 28.5. The van der Waals surface area contributed by atoms with Crippen LogP contribution in [0, 0.1) is 24.2 Å². The summed E-state index contributed by atoms with van der Waals surface area (Å²) < 4.78 is 6.99. The van der Waals surface area contributed by atoms with Gasteiger partial charge in [0.05, 0.1) is 39.3 Å². The lowest BCUT2D eigenvalue weighted by molar-refractivity contribution is -0.156. The summed E-state index contributed by atoms with van der Waals surface area (Å²) in [7, 11) is 0. The van der Waals surface area contributed by atoms with Gasteiger partial charge in [-0.05, 0) is 63.1 Å². The minimum absolute atomic E-state index is 0.0893. The van der Waals surface area contributed by atoms with Crippen LogP contribution in [-0.4, -0.2) is 39.2 Å². The summed E-state index contributed by atoms with van der Waals surface area (Å²) >= 11 is 1.62. The van der Waals surface area contributed by atoms with Crippen molar-refractivity contribution in [2.45, 2.75) is 91.5 Å². The molecule has 1 aliphatic heterocycles. The monoisotopic (exact) mass is 527 g/mol. The molecule has 1 aromatic carbocycles. The summed E-state index contributed by atoms with van der Waals surface area (Å²) in [4.78, 5) is 31.2. The summed E-state index contributed by atoms with van der Waals surface area (Å²) in [6.07, 6.45) is 4.10. The standard InChI is InChI=1S/C30H41NO5S/c1-7-9-22-28(34)19(3)11-8-10-18(2)12-14-24(21-13-15-25-23(16-21)31-20(4)37-25)36-27(33)17-26(32)30(5,6)29(22)35/h7,12-13,15-16,19,22,24,26,28,32,34H,1,8-11,14,17H2,2-6H3/t19-,22+,24-,26-,28-/m0/s1. The number of hydrogen-bond donors (Lipinski definition) is 2. The quantitative estimate of drug-likeness (QED) is 0.362. The molecule has 0 bridgehead atoms. The Morgan fingerprint density at radius 3 is 2.68 bits per heavy atom. The highest BCUT2D eigenvalue weighted by molar-refractivity contribution is 7.18. The van der Waals surface area contributed by atoms with E-state index in [0.717, 1.165) is 40.1 Å². The molecular formula is C30H41NO5S. The molecule has 0 saturated heterocycles. The average molecular weight is 528 g/mol. The number of fused-ring (bicyclic) bond motifs is 1. The first-order chi connectivity index (χ1) is 17.4. The molecule has 37 heavy (non-hydrogen) atoms. The number of ether oxygens (including phenoxy) is 1. The van der Waals surface area contributed by atoms with Crippen molar-refractivity contribution in [2.75, 3.05) is 0 Å². The number of esters is 1. The van der Waals surface area contributed by atoms with Gasteiger partial charge in [0, 0.05) is 12.3 Å². The summed E-state index contributed by atoms with van der Waals surface area (Å²) in [6.45, 7) is 13.0. The molecule has 2 heterocycles. The number of aromatic nitrogens is 1. The molecule has 0 saturated carbocycles. The zero-order chi connectivity index (χ0) is 27.3. The number of aliphatic hydroxyl groups is 2. The highest BCUT2D eigenvalue weighted by Crippen LogP contribution is 2.35. The Bertz CT molecular complexity index is 1150. The fourth-order valence-electron chi connectivity index (χ4n) is 5.04. The summed E-state index contributed by atoms with van der Waals surface area (Å²) in [5.74, 6) is -1.62. The van der Waals surface area contributed by atoms with Crippen molar-refractivity contribution >= 4 is 33.3 Å². The van der Waals surface area contributed by atoms with E-state index >= 15 is 0 Å². The lowest BCUT2D eigenvalue weighted by atomic mass is 9.71. The predicted octanol–water partition coefficient (Wildman–Crippen LogP) is 6.24. The Labute approximate surface area is 224 Å². The van der Waals surface area contributed by atoms with Gasteiger partial charge >= 0.3 is 5.97 Å². The molecule has 0 spiro atoms. The summed E-state index contributed by atoms with van der Waals surface area (Å²) in [5.41, 5.74) is 1.66. The number of allylic oxidation sites excluding steroid dienone is 2. The minimum atomic E-state index is -1.25. The molecule has 7 heteroatoms. The number of nitrogens with zero attached hydrogens (tertiary/aromatic N) is 1. The van der Waals surface area contributed by atoms with E-state index in [1.165, 1.54) is 5.57 Å². The smallest absolute Gasteiger partial charge is 0.309 e. The highest BCUT2D eigenvalue weighted by Gasteiger charge is 2.43. The van der Waals surface area contributed by atoms with E-state index in [-0.39, 0.29) is 18.1 Å². The van der Waals surface area contributed by atoms with Gasteiger partial charge in [-0.2, -0.15) is 0 Å². The van der Waals surface area contributed by atoms with Crippen LogP contribution in [0.3, 0.4) is 0 Å². The zero-order valence-corrected chi connectivity index (χ0v) is 23.5. The third-order valence-corrected chi connectivity index (χ3v) is 8.61. The van der Waals surface area contributed by atoms with Crippen LogP contribution in [0.1, 0.15) is 82.9 Å². The van der Waals surface area contributed by atoms with Crippen LogP contribution in [0.2, 0.25) is 0 Å². The first kappa shape index (κ1) is 29.2. The fraction of sp³-hybridized carbons (Fsp3) is 0.567. The number of aliphatic hydroxyl groups excluding tert-OH is 2. The van der Waals surface area contributed by atoms with Gasteiger partial charge in [0.25, 0.3) is 0 Å². The molecule has 202 valence electrons. The van der Waals surface area contributed by atoms with E-state index in [2.05, 4.69) is 24.6 Å². The maximum absolute atomic E-state index is 13.6. The van der Waals surface area contributed by atoms with Crippen molar-refractivity contribution in [3.8, 4) is 0 Å². The average Bonchev–Trinajstić information content (AvgIpc) is 3.22. The molecule has 0 amide bonds. The number of benzene rings is 1. The van der Waals surface area contributed by atoms with Crippen molar-refractivity contribution in [1.82, 2.24) is 4.98 Å². The topological polar surface area (TPSA) is 96.7 Å². The number of Topliss-reactive ketones (excluding diaryl/α,β-unsaturated/α-hetero) is 1. The number of carbonyl (C=O) groups is 2. The lowest BCUT2D eigenvalue weighted by Crippen LogP contribution is -2.46. The first-order valence-corrected chi connectivity index (χ1v) is 14.0. The molecule has 2 N–H and O–H groups in total. The van der Waals surface area contributed by atoms with Gasteiger partial charge in [0.2, 0.25) is 0 Å². The summed E-state index contributed by atoms with van der Waals surface area (Å²) in [6, 6.07) is 5.93. The second-order valence-corrected chi connectivity index (χ2v) is 12.3. The van der Waals surface area contributed by atoms with Crippen molar-refractivity contribution in [2.24, 2.45) is 17.3 Å². The number of thiazole rings is 1. The van der Waals surface area contributed by atoms with Crippen LogP contribution < -0.4 is 0 Å². The third kappa shape index (κ3) is 7.15. The second kappa shape index (κ2) is 12.5. The maximum Gasteiger partial charge on any atom is 0.309 e. The molecular weight excluding hydrogens is 486 g/mol. The van der Waals surface area contributed by atoms with Crippen molar-refractivity contribution in [3.05, 3.63) is 53.1 Å². The molecule has 5 atom stereocenters. The molecule has 0 fully saturated rings. The Balaban J connectivity index is 1.93. The van der Waals surface area contributed by atoms with Gasteiger partial charge in [0.15, 0.2) is 0 Å². The Morgan fingerprint density at radius 1 is 1.24 bits per heavy atom. The number of carbonyl (C=O) groups excluding carboxylic acids is 2. The Hall–Kier alpha value is -2.35. The molecule has 6 nitrogen and oxygen atoms in total. The van der Waals surface area contributed by atoms with Crippen molar-refractivity contribution in [3.63, 3.8) is 0 Å². The molecule has 3 rings (SSSR count). The van der Waals surface area contributed by atoms with E-state index in [9.17, 15) is 19.8 Å². The summed E-state index contributed by atoms with van der Waals surface area (Å²) in [5, 5.41) is 23.1. The molecule has 2 aromatic rings. The fourth-order valence-corrected chi connectivity index (χ4v) is 5.84. The van der Waals surface area contributed by atoms with Crippen LogP contribution in [-0.2, 0) is 14.3 Å². The maximum atomic E-state index is 13.6. The van der Waals surface area contributed by atoms with Crippen LogP contribution in [0.4, 0.5) is 0 Å². The van der Waals surface area contributed by atoms with E-state index in [0.29, 0.717) is 12.8 Å². The Kier molecular flexibility index (Phi) is 9.84. The van der Waals surface area contributed by atoms with Gasteiger partial charge in [-0.15, -0.1) is 17.9 Å². The third-order valence-electron chi connectivity index (χ3n) is 7.66. The number of cyclic esters (lactones) is 1. The van der Waals surface area contributed by atoms with Gasteiger partial charge in [-0.25, -0.2) is 4.98 Å². The number of aryl methyl sites for hydroxylation is 1. The van der Waals surface area contributed by atoms with E-state index in [1.807, 2.05) is 32.0 Å². The molecule has 1 aromatic heterocycles. The van der Waals surface area contributed by atoms with Crippen LogP contribution >= 0.6 is 11.3 Å². The predicted molar refractivity (Wildman–Crippen MR) is 148 cm³/mol. The Morgan fingerprint density at radius 2 is 1.97 bits per heavy atom. The van der Waals surface area contributed by atoms with Gasteiger partial charge in [-0.3, -0.25) is 9.59 Å². The SMILES string of the molecule is C=CC[C@H]1C(=O)C(C)(C)[C@@H](O)CC(=O)O[C@H](c2ccc3sc(C)nc3c2)CC=C(C)CCC[C@H](C)[C@@H]1O. The zero-order valence-electron chi connectivity index (χ0n) is 22.7. The van der Waals surface area contributed by atoms with Crippen molar-refractivity contribution in [1.29, 1.82) is 0 Å². The molecule has 0 unspecified atom stereocenters. The molecule has 0 aliphatic carbocycles.